The van der Waals surface area contributed by atoms with Gasteiger partial charge in [-0.2, -0.15) is 0 Å². The van der Waals surface area contributed by atoms with Gasteiger partial charge < -0.3 is 9.15 Å². The van der Waals surface area contributed by atoms with Crippen LogP contribution in [0.1, 0.15) is 24.6 Å². The minimum absolute atomic E-state index is 0.236. The smallest absolute Gasteiger partial charge is 0.148 e. The maximum atomic E-state index is 5.89. The molecular weight excluding hydrogens is 308 g/mol. The molecule has 5 heteroatoms. The highest BCUT2D eigenvalue weighted by Gasteiger charge is 2.22. The van der Waals surface area contributed by atoms with Crippen molar-refractivity contribution in [1.82, 2.24) is 5.43 Å². The second-order valence-corrected chi connectivity index (χ2v) is 5.36. The van der Waals surface area contributed by atoms with E-state index < -0.39 is 0 Å². The van der Waals surface area contributed by atoms with E-state index in [1.807, 2.05) is 24.3 Å². The van der Waals surface area contributed by atoms with Crippen molar-refractivity contribution in [2.24, 2.45) is 5.84 Å². The zero-order valence-corrected chi connectivity index (χ0v) is 11.9. The molecule has 1 unspecified atom stereocenters. The van der Waals surface area contributed by atoms with Gasteiger partial charge in [0.2, 0.25) is 0 Å². The van der Waals surface area contributed by atoms with Crippen molar-refractivity contribution in [3.63, 3.8) is 0 Å². The predicted molar refractivity (Wildman–Crippen MR) is 77.2 cm³/mol. The van der Waals surface area contributed by atoms with Gasteiger partial charge in [-0.05, 0) is 47.0 Å². The number of halogens is 1. The number of rotatable bonds is 3. The van der Waals surface area contributed by atoms with E-state index in [0.717, 1.165) is 46.4 Å². The first-order valence-electron chi connectivity index (χ1n) is 6.26. The maximum Gasteiger partial charge on any atom is 0.148 e. The van der Waals surface area contributed by atoms with E-state index in [1.165, 1.54) is 0 Å². The van der Waals surface area contributed by atoms with Crippen molar-refractivity contribution < 1.29 is 9.15 Å². The monoisotopic (exact) mass is 322 g/mol. The number of ether oxygens (including phenoxy) is 1. The molecule has 1 atom stereocenters. The molecule has 0 spiro atoms. The standard InChI is InChI=1S/C14H15BrN2O2/c15-10-5-3-4-9-8-12(19-14(9)10)13(17-16)11-6-1-2-7-18-11/h3-6,8,13,17H,1-2,7,16H2. The van der Waals surface area contributed by atoms with Gasteiger partial charge in [-0.1, -0.05) is 12.1 Å². The van der Waals surface area contributed by atoms with Crippen LogP contribution in [0, 0.1) is 0 Å². The minimum atomic E-state index is -0.236. The van der Waals surface area contributed by atoms with Crippen molar-refractivity contribution in [2.45, 2.75) is 18.9 Å². The summed E-state index contributed by atoms with van der Waals surface area (Å²) < 4.78 is 12.5. The first-order valence-corrected chi connectivity index (χ1v) is 7.06. The third kappa shape index (κ3) is 2.41. The van der Waals surface area contributed by atoms with Crippen LogP contribution in [0.5, 0.6) is 0 Å². The number of hydrogen-bond donors (Lipinski definition) is 2. The van der Waals surface area contributed by atoms with Crippen molar-refractivity contribution in [3.05, 3.63) is 46.3 Å². The topological polar surface area (TPSA) is 60.4 Å². The number of furan rings is 1. The van der Waals surface area contributed by atoms with E-state index in [1.54, 1.807) is 0 Å². The summed E-state index contributed by atoms with van der Waals surface area (Å²) in [5.41, 5.74) is 3.59. The molecular formula is C14H15BrN2O2. The summed E-state index contributed by atoms with van der Waals surface area (Å²) in [4.78, 5) is 0. The third-order valence-corrected chi connectivity index (χ3v) is 3.84. The molecule has 0 aliphatic carbocycles. The predicted octanol–water partition coefficient (Wildman–Crippen LogP) is 3.39. The summed E-state index contributed by atoms with van der Waals surface area (Å²) in [6.45, 7) is 0.730. The summed E-state index contributed by atoms with van der Waals surface area (Å²) in [6.07, 6.45) is 4.13. The molecule has 2 heterocycles. The van der Waals surface area contributed by atoms with Crippen molar-refractivity contribution in [2.75, 3.05) is 6.61 Å². The number of hydrogen-bond acceptors (Lipinski definition) is 4. The summed E-state index contributed by atoms with van der Waals surface area (Å²) in [5.74, 6) is 7.25. The normalized spacial score (nSPS) is 17.1. The van der Waals surface area contributed by atoms with Gasteiger partial charge >= 0.3 is 0 Å². The van der Waals surface area contributed by atoms with E-state index in [2.05, 4.69) is 27.4 Å². The lowest BCUT2D eigenvalue weighted by Crippen LogP contribution is -2.30. The van der Waals surface area contributed by atoms with Gasteiger partial charge in [0.05, 0.1) is 11.1 Å². The molecule has 4 nitrogen and oxygen atoms in total. The number of para-hydroxylation sites is 1. The van der Waals surface area contributed by atoms with Crippen LogP contribution in [0.15, 0.2) is 45.0 Å². The Bertz CT molecular complexity index is 621. The van der Waals surface area contributed by atoms with Gasteiger partial charge in [-0.15, -0.1) is 0 Å². The first-order chi connectivity index (χ1) is 9.29. The van der Waals surface area contributed by atoms with Crippen LogP contribution in [-0.2, 0) is 4.74 Å². The van der Waals surface area contributed by atoms with Gasteiger partial charge in [0.25, 0.3) is 0 Å². The van der Waals surface area contributed by atoms with E-state index in [9.17, 15) is 0 Å². The SMILES string of the molecule is NNC(C1=CCCCO1)c1cc2cccc(Br)c2o1. The summed E-state index contributed by atoms with van der Waals surface area (Å²) in [7, 11) is 0. The Balaban J connectivity index is 2.01. The van der Waals surface area contributed by atoms with Crippen LogP contribution in [0.4, 0.5) is 0 Å². The van der Waals surface area contributed by atoms with Crippen LogP contribution in [0.2, 0.25) is 0 Å². The molecule has 0 saturated carbocycles. The zero-order chi connectivity index (χ0) is 13.2. The van der Waals surface area contributed by atoms with Crippen LogP contribution < -0.4 is 11.3 Å². The van der Waals surface area contributed by atoms with E-state index in [4.69, 9.17) is 15.0 Å². The molecule has 1 aromatic carbocycles. The van der Waals surface area contributed by atoms with Crippen molar-refractivity contribution in [1.29, 1.82) is 0 Å². The highest BCUT2D eigenvalue weighted by atomic mass is 79.9. The second kappa shape index (κ2) is 5.36. The quantitative estimate of drug-likeness (QED) is 0.671. The van der Waals surface area contributed by atoms with E-state index in [0.29, 0.717) is 0 Å². The average Bonchev–Trinajstić information content (AvgIpc) is 2.86. The molecule has 2 aromatic rings. The van der Waals surface area contributed by atoms with Gasteiger partial charge in [0.1, 0.15) is 23.1 Å². The average molecular weight is 323 g/mol. The maximum absolute atomic E-state index is 5.89. The van der Waals surface area contributed by atoms with Crippen LogP contribution in [-0.4, -0.2) is 6.61 Å². The summed E-state index contributed by atoms with van der Waals surface area (Å²) in [6, 6.07) is 7.70. The Labute approximate surface area is 119 Å². The molecule has 19 heavy (non-hydrogen) atoms. The molecule has 1 aliphatic heterocycles. The molecule has 3 N–H and O–H groups in total. The lowest BCUT2D eigenvalue weighted by Gasteiger charge is -2.21. The molecule has 100 valence electrons. The minimum Gasteiger partial charge on any atom is -0.496 e. The largest absolute Gasteiger partial charge is 0.496 e. The number of allylic oxidation sites excluding steroid dienone is 1. The summed E-state index contributed by atoms with van der Waals surface area (Å²) >= 11 is 3.49. The summed E-state index contributed by atoms with van der Waals surface area (Å²) in [5, 5.41) is 1.04. The fourth-order valence-corrected chi connectivity index (χ4v) is 2.73. The Hall–Kier alpha value is -1.30. The molecule has 0 saturated heterocycles. The van der Waals surface area contributed by atoms with Crippen LogP contribution >= 0.6 is 15.9 Å². The Morgan fingerprint density at radius 1 is 1.37 bits per heavy atom. The van der Waals surface area contributed by atoms with Gasteiger partial charge in [0.15, 0.2) is 0 Å². The number of nitrogens with two attached hydrogens (primary N) is 1. The second-order valence-electron chi connectivity index (χ2n) is 4.50. The first kappa shape index (κ1) is 12.7. The highest BCUT2D eigenvalue weighted by molar-refractivity contribution is 9.10. The molecule has 0 fully saturated rings. The highest BCUT2D eigenvalue weighted by Crippen LogP contribution is 2.33. The van der Waals surface area contributed by atoms with Gasteiger partial charge in [-0.3, -0.25) is 5.84 Å². The molecule has 0 bridgehead atoms. The number of fused-ring (bicyclic) bond motifs is 1. The number of benzene rings is 1. The van der Waals surface area contributed by atoms with E-state index >= 15 is 0 Å². The molecule has 0 radical (unpaired) electrons. The molecule has 1 aromatic heterocycles. The lowest BCUT2D eigenvalue weighted by molar-refractivity contribution is 0.162. The van der Waals surface area contributed by atoms with Crippen molar-refractivity contribution in [3.8, 4) is 0 Å². The Morgan fingerprint density at radius 3 is 2.95 bits per heavy atom. The lowest BCUT2D eigenvalue weighted by atomic mass is 10.1. The molecule has 0 amide bonds. The number of nitrogens with one attached hydrogen (secondary N) is 1. The Kier molecular flexibility index (Phi) is 3.59. The zero-order valence-electron chi connectivity index (χ0n) is 10.4. The van der Waals surface area contributed by atoms with Crippen molar-refractivity contribution >= 4 is 26.9 Å². The van der Waals surface area contributed by atoms with Crippen LogP contribution in [0.25, 0.3) is 11.0 Å². The third-order valence-electron chi connectivity index (χ3n) is 3.21. The van der Waals surface area contributed by atoms with Crippen LogP contribution in [0.3, 0.4) is 0 Å². The fourth-order valence-electron chi connectivity index (χ4n) is 2.27. The molecule has 1 aliphatic rings. The molecule has 3 rings (SSSR count). The fraction of sp³-hybridized carbons (Fsp3) is 0.286. The Morgan fingerprint density at radius 2 is 2.26 bits per heavy atom. The number of hydrazine groups is 1. The van der Waals surface area contributed by atoms with E-state index in [-0.39, 0.29) is 6.04 Å². The van der Waals surface area contributed by atoms with Gasteiger partial charge in [0, 0.05) is 5.39 Å². The van der Waals surface area contributed by atoms with Gasteiger partial charge in [-0.25, -0.2) is 5.43 Å².